The van der Waals surface area contributed by atoms with Crippen molar-refractivity contribution in [3.8, 4) is 0 Å². The summed E-state index contributed by atoms with van der Waals surface area (Å²) in [6, 6.07) is 0. The summed E-state index contributed by atoms with van der Waals surface area (Å²) < 4.78 is 0. The second-order valence-electron chi connectivity index (χ2n) is 1.75. The monoisotopic (exact) mass is 139 g/mol. The minimum atomic E-state index is -0.581. The Balaban J connectivity index is 4.08. The van der Waals surface area contributed by atoms with Gasteiger partial charge in [0.15, 0.2) is 0 Å². The van der Waals surface area contributed by atoms with Crippen molar-refractivity contribution in [1.82, 2.24) is 5.43 Å². The molecule has 0 aliphatic heterocycles. The number of hydrogen-bond donors (Lipinski definition) is 2. The summed E-state index contributed by atoms with van der Waals surface area (Å²) in [5, 5.41) is 10.2. The van der Waals surface area contributed by atoms with Gasteiger partial charge in [0.25, 0.3) is 5.91 Å². The molecule has 0 aliphatic rings. The van der Waals surface area contributed by atoms with Gasteiger partial charge in [-0.3, -0.25) is 10.2 Å². The van der Waals surface area contributed by atoms with E-state index in [1.165, 1.54) is 0 Å². The van der Waals surface area contributed by atoms with Crippen LogP contribution >= 0.6 is 0 Å². The molecule has 0 aliphatic carbocycles. The van der Waals surface area contributed by atoms with Crippen LogP contribution in [0.25, 0.3) is 0 Å². The number of nitrogens with zero attached hydrogens (tertiary/aromatic N) is 1. The average Bonchev–Trinajstić information content (AvgIpc) is 1.87. The molecule has 0 bridgehead atoms. The van der Waals surface area contributed by atoms with Gasteiger partial charge in [-0.1, -0.05) is 6.58 Å². The third kappa shape index (κ3) is 2.21. The first kappa shape index (κ1) is 8.55. The molecule has 0 spiro atoms. The summed E-state index contributed by atoms with van der Waals surface area (Å²) in [6.45, 7) is 8.02. The zero-order valence-electron chi connectivity index (χ0n) is 5.77. The van der Waals surface area contributed by atoms with Gasteiger partial charge in [0.05, 0.1) is 0 Å². The molecule has 0 heterocycles. The van der Waals surface area contributed by atoms with Crippen LogP contribution in [0.5, 0.6) is 0 Å². The summed E-state index contributed by atoms with van der Waals surface area (Å²) in [5.74, 6) is -0.581. The lowest BCUT2D eigenvalue weighted by Gasteiger charge is -1.98. The maximum absolute atomic E-state index is 10.7. The number of carbonyl (C=O) groups is 1. The molecule has 0 radical (unpaired) electrons. The predicted octanol–water partition coefficient (Wildman–Crippen LogP) is 0.314. The molecule has 54 valence electrons. The fourth-order valence-electron chi connectivity index (χ4n) is 0.322. The molecule has 0 saturated carbocycles. The van der Waals surface area contributed by atoms with Crippen LogP contribution in [-0.4, -0.2) is 18.3 Å². The van der Waals surface area contributed by atoms with E-state index in [4.69, 9.17) is 5.41 Å². The maximum atomic E-state index is 10.7. The Kier molecular flexibility index (Phi) is 3.04. The van der Waals surface area contributed by atoms with Crippen molar-refractivity contribution in [3.05, 3.63) is 12.2 Å². The van der Waals surface area contributed by atoms with Crippen molar-refractivity contribution in [3.63, 3.8) is 0 Å². The van der Waals surface area contributed by atoms with Crippen LogP contribution in [0.1, 0.15) is 6.92 Å². The van der Waals surface area contributed by atoms with E-state index in [-0.39, 0.29) is 5.71 Å². The molecule has 10 heavy (non-hydrogen) atoms. The lowest BCUT2D eigenvalue weighted by atomic mass is 10.2. The number of nitrogens with one attached hydrogen (secondary N) is 2. The maximum Gasteiger partial charge on any atom is 0.289 e. The minimum Gasteiger partial charge on any atom is -0.295 e. The summed E-state index contributed by atoms with van der Waals surface area (Å²) in [4.78, 5) is 10.7. The fraction of sp³-hybridized carbons (Fsp3) is 0.167. The number of rotatable bonds is 3. The van der Waals surface area contributed by atoms with E-state index < -0.39 is 5.91 Å². The molecule has 0 rings (SSSR count). The van der Waals surface area contributed by atoms with Gasteiger partial charge >= 0.3 is 0 Å². The summed E-state index contributed by atoms with van der Waals surface area (Å²) >= 11 is 0. The van der Waals surface area contributed by atoms with Gasteiger partial charge in [-0.15, -0.1) is 0 Å². The Morgan fingerprint density at radius 1 is 1.70 bits per heavy atom. The molecule has 0 aromatic heterocycles. The second-order valence-corrected chi connectivity index (χ2v) is 1.75. The molecule has 0 unspecified atom stereocenters. The van der Waals surface area contributed by atoms with Gasteiger partial charge in [-0.25, -0.2) is 5.43 Å². The standard InChI is InChI=1S/C6H9N3O/c1-4(2)5(7)6(10)9-8-3/h7H,1,3H2,2H3,(H,9,10). The SMILES string of the molecule is C=NNC(=O)C(=N)C(=C)C. The molecular weight excluding hydrogens is 130 g/mol. The van der Waals surface area contributed by atoms with Crippen LogP contribution in [-0.2, 0) is 4.79 Å². The van der Waals surface area contributed by atoms with Crippen molar-refractivity contribution in [2.45, 2.75) is 6.92 Å². The normalized spacial score (nSPS) is 8.10. The molecule has 0 aromatic rings. The van der Waals surface area contributed by atoms with Crippen molar-refractivity contribution >= 4 is 18.3 Å². The fourth-order valence-corrected chi connectivity index (χ4v) is 0.322. The van der Waals surface area contributed by atoms with Crippen LogP contribution in [0.2, 0.25) is 0 Å². The van der Waals surface area contributed by atoms with Crippen molar-refractivity contribution in [2.24, 2.45) is 5.10 Å². The van der Waals surface area contributed by atoms with Gasteiger partial charge in [-0.05, 0) is 12.5 Å². The smallest absolute Gasteiger partial charge is 0.289 e. The van der Waals surface area contributed by atoms with Gasteiger partial charge in [0, 0.05) is 6.72 Å². The van der Waals surface area contributed by atoms with Gasteiger partial charge in [0.2, 0.25) is 0 Å². The first-order valence-corrected chi connectivity index (χ1v) is 2.60. The molecule has 4 heteroatoms. The quantitative estimate of drug-likeness (QED) is 0.429. The Labute approximate surface area is 59.1 Å². The Bertz CT molecular complexity index is 195. The first-order valence-electron chi connectivity index (χ1n) is 2.60. The van der Waals surface area contributed by atoms with E-state index in [1.54, 1.807) is 6.92 Å². The van der Waals surface area contributed by atoms with Crippen LogP contribution in [0.4, 0.5) is 0 Å². The molecule has 2 N–H and O–H groups in total. The highest BCUT2D eigenvalue weighted by Gasteiger charge is 2.06. The topological polar surface area (TPSA) is 65.3 Å². The number of amides is 1. The Morgan fingerprint density at radius 2 is 2.20 bits per heavy atom. The van der Waals surface area contributed by atoms with E-state index in [0.717, 1.165) is 0 Å². The minimum absolute atomic E-state index is 0.174. The highest BCUT2D eigenvalue weighted by molar-refractivity contribution is 6.43. The van der Waals surface area contributed by atoms with Crippen molar-refractivity contribution in [2.75, 3.05) is 0 Å². The van der Waals surface area contributed by atoms with Crippen molar-refractivity contribution in [1.29, 1.82) is 5.41 Å². The molecule has 0 saturated heterocycles. The third-order valence-electron chi connectivity index (χ3n) is 0.834. The second kappa shape index (κ2) is 3.55. The number of carbonyl (C=O) groups excluding carboxylic acids is 1. The largest absolute Gasteiger partial charge is 0.295 e. The lowest BCUT2D eigenvalue weighted by molar-refractivity contribution is -0.114. The van der Waals surface area contributed by atoms with Crippen LogP contribution in [0.15, 0.2) is 17.3 Å². The summed E-state index contributed by atoms with van der Waals surface area (Å²) in [5.41, 5.74) is 2.25. The Morgan fingerprint density at radius 3 is 2.50 bits per heavy atom. The molecule has 4 nitrogen and oxygen atoms in total. The van der Waals surface area contributed by atoms with Crippen LogP contribution < -0.4 is 5.43 Å². The Hall–Kier alpha value is -1.45. The summed E-state index contributed by atoms with van der Waals surface area (Å²) in [7, 11) is 0. The molecule has 0 atom stereocenters. The third-order valence-corrected chi connectivity index (χ3v) is 0.834. The molecular formula is C6H9N3O. The molecule has 1 amide bonds. The van der Waals surface area contributed by atoms with Gasteiger partial charge < -0.3 is 0 Å². The number of hydrogen-bond acceptors (Lipinski definition) is 3. The number of hydrazone groups is 1. The van der Waals surface area contributed by atoms with Crippen LogP contribution in [0, 0.1) is 5.41 Å². The van der Waals surface area contributed by atoms with Gasteiger partial charge in [-0.2, -0.15) is 5.10 Å². The van der Waals surface area contributed by atoms with E-state index in [2.05, 4.69) is 18.4 Å². The lowest BCUT2D eigenvalue weighted by Crippen LogP contribution is -2.26. The average molecular weight is 139 g/mol. The van der Waals surface area contributed by atoms with E-state index in [9.17, 15) is 4.79 Å². The zero-order valence-corrected chi connectivity index (χ0v) is 5.77. The van der Waals surface area contributed by atoms with Crippen LogP contribution in [0.3, 0.4) is 0 Å². The highest BCUT2D eigenvalue weighted by atomic mass is 16.2. The molecule has 0 aromatic carbocycles. The highest BCUT2D eigenvalue weighted by Crippen LogP contribution is 1.89. The van der Waals surface area contributed by atoms with Crippen molar-refractivity contribution < 1.29 is 4.79 Å². The van der Waals surface area contributed by atoms with E-state index in [0.29, 0.717) is 5.57 Å². The predicted molar refractivity (Wildman–Crippen MR) is 40.2 cm³/mol. The first-order chi connectivity index (χ1) is 4.59. The van der Waals surface area contributed by atoms with E-state index in [1.807, 2.05) is 5.43 Å². The molecule has 0 fully saturated rings. The summed E-state index contributed by atoms with van der Waals surface area (Å²) in [6.07, 6.45) is 0. The zero-order chi connectivity index (χ0) is 8.15. The van der Waals surface area contributed by atoms with Gasteiger partial charge in [0.1, 0.15) is 5.71 Å². The van der Waals surface area contributed by atoms with E-state index >= 15 is 0 Å².